The Labute approximate surface area is 118 Å². The number of anilines is 1. The first-order valence-electron chi connectivity index (χ1n) is 6.73. The van der Waals surface area contributed by atoms with E-state index in [1.807, 2.05) is 0 Å². The van der Waals surface area contributed by atoms with Crippen LogP contribution in [0, 0.1) is 5.92 Å². The highest BCUT2D eigenvalue weighted by molar-refractivity contribution is 6.33. The van der Waals surface area contributed by atoms with E-state index in [0.717, 1.165) is 0 Å². The van der Waals surface area contributed by atoms with Crippen LogP contribution in [-0.2, 0) is 0 Å². The van der Waals surface area contributed by atoms with Gasteiger partial charge >= 0.3 is 5.97 Å². The van der Waals surface area contributed by atoms with Crippen LogP contribution in [0.4, 0.5) is 5.82 Å². The first-order chi connectivity index (χ1) is 9.08. The average Bonchev–Trinajstić information content (AvgIpc) is 2.41. The predicted octanol–water partition coefficient (Wildman–Crippen LogP) is 3.81. The summed E-state index contributed by atoms with van der Waals surface area (Å²) in [5.74, 6) is 0.195. The van der Waals surface area contributed by atoms with Crippen LogP contribution in [0.3, 0.4) is 0 Å². The Kier molecular flexibility index (Phi) is 4.64. The second kappa shape index (κ2) is 6.24. The number of aromatic nitrogens is 1. The van der Waals surface area contributed by atoms with Crippen LogP contribution in [0.25, 0.3) is 0 Å². The molecule has 1 aliphatic rings. The van der Waals surface area contributed by atoms with E-state index >= 15 is 0 Å². The van der Waals surface area contributed by atoms with Crippen molar-refractivity contribution in [3.05, 3.63) is 22.8 Å². The first kappa shape index (κ1) is 14.1. The number of carboxylic acids is 1. The molecule has 0 saturated heterocycles. The molecule has 0 bridgehead atoms. The highest BCUT2D eigenvalue weighted by Gasteiger charge is 2.20. The van der Waals surface area contributed by atoms with E-state index in [9.17, 15) is 4.79 Å². The van der Waals surface area contributed by atoms with Crippen molar-refractivity contribution >= 4 is 23.4 Å². The quantitative estimate of drug-likeness (QED) is 0.881. The van der Waals surface area contributed by atoms with Gasteiger partial charge < -0.3 is 10.4 Å². The lowest BCUT2D eigenvalue weighted by Crippen LogP contribution is -2.28. The first-order valence-corrected chi connectivity index (χ1v) is 7.11. The molecule has 0 radical (unpaired) electrons. The Hall–Kier alpha value is -1.29. The van der Waals surface area contributed by atoms with Crippen molar-refractivity contribution < 1.29 is 9.90 Å². The van der Waals surface area contributed by atoms with Gasteiger partial charge in [-0.2, -0.15) is 0 Å². The summed E-state index contributed by atoms with van der Waals surface area (Å²) in [6.07, 6.45) is 7.74. The summed E-state index contributed by atoms with van der Waals surface area (Å²) in [5, 5.41) is 12.5. The summed E-state index contributed by atoms with van der Waals surface area (Å²) in [7, 11) is 0. The van der Waals surface area contributed by atoms with Crippen molar-refractivity contribution in [3.63, 3.8) is 0 Å². The molecule has 1 heterocycles. The van der Waals surface area contributed by atoms with Crippen molar-refractivity contribution in [3.8, 4) is 0 Å². The standard InChI is InChI=1S/C14H19ClN2O2/c1-9(10-5-3-2-4-6-10)17-13-7-11(14(18)19)12(15)8-16-13/h7-10H,2-6H2,1H3,(H,16,17)(H,18,19). The number of pyridine rings is 1. The zero-order valence-corrected chi connectivity index (χ0v) is 11.8. The van der Waals surface area contributed by atoms with Crippen LogP contribution in [-0.4, -0.2) is 22.1 Å². The van der Waals surface area contributed by atoms with Gasteiger partial charge in [0.2, 0.25) is 0 Å². The van der Waals surface area contributed by atoms with Gasteiger partial charge in [-0.15, -0.1) is 0 Å². The molecule has 2 N–H and O–H groups in total. The molecule has 1 unspecified atom stereocenters. The fraction of sp³-hybridized carbons (Fsp3) is 0.571. The molecule has 1 fully saturated rings. The fourth-order valence-electron chi connectivity index (χ4n) is 2.67. The molecule has 104 valence electrons. The normalized spacial score (nSPS) is 18.0. The molecular weight excluding hydrogens is 264 g/mol. The van der Waals surface area contributed by atoms with Crippen LogP contribution in [0.2, 0.25) is 5.02 Å². The van der Waals surface area contributed by atoms with Crippen LogP contribution < -0.4 is 5.32 Å². The predicted molar refractivity (Wildman–Crippen MR) is 75.9 cm³/mol. The van der Waals surface area contributed by atoms with Crippen LogP contribution in [0.5, 0.6) is 0 Å². The fourth-order valence-corrected chi connectivity index (χ4v) is 2.85. The topological polar surface area (TPSA) is 62.2 Å². The van der Waals surface area contributed by atoms with E-state index in [0.29, 0.717) is 17.8 Å². The van der Waals surface area contributed by atoms with Crippen molar-refractivity contribution in [2.45, 2.75) is 45.1 Å². The molecule has 2 rings (SSSR count). The Morgan fingerprint density at radius 3 is 2.79 bits per heavy atom. The van der Waals surface area contributed by atoms with Gasteiger partial charge in [0.1, 0.15) is 5.82 Å². The molecule has 1 atom stereocenters. The van der Waals surface area contributed by atoms with Crippen molar-refractivity contribution in [1.29, 1.82) is 0 Å². The summed E-state index contributed by atoms with van der Waals surface area (Å²) < 4.78 is 0. The molecule has 1 aromatic heterocycles. The maximum absolute atomic E-state index is 11.0. The summed E-state index contributed by atoms with van der Waals surface area (Å²) >= 11 is 5.81. The molecule has 1 aliphatic carbocycles. The van der Waals surface area contributed by atoms with E-state index < -0.39 is 5.97 Å². The second-order valence-electron chi connectivity index (χ2n) is 5.19. The lowest BCUT2D eigenvalue weighted by molar-refractivity contribution is 0.0697. The maximum Gasteiger partial charge on any atom is 0.337 e. The Balaban J connectivity index is 2.05. The third-order valence-electron chi connectivity index (χ3n) is 3.82. The van der Waals surface area contributed by atoms with E-state index in [1.54, 1.807) is 0 Å². The molecule has 4 nitrogen and oxygen atoms in total. The monoisotopic (exact) mass is 282 g/mol. The number of hydrogen-bond donors (Lipinski definition) is 2. The minimum atomic E-state index is -1.03. The molecule has 0 aliphatic heterocycles. The largest absolute Gasteiger partial charge is 0.478 e. The van der Waals surface area contributed by atoms with Gasteiger partial charge in [0.05, 0.1) is 10.6 Å². The van der Waals surface area contributed by atoms with E-state index in [4.69, 9.17) is 16.7 Å². The van der Waals surface area contributed by atoms with Crippen molar-refractivity contribution in [1.82, 2.24) is 4.98 Å². The Morgan fingerprint density at radius 2 is 2.16 bits per heavy atom. The maximum atomic E-state index is 11.0. The number of nitrogens with one attached hydrogen (secondary N) is 1. The lowest BCUT2D eigenvalue weighted by Gasteiger charge is -2.28. The number of carbonyl (C=O) groups is 1. The molecule has 19 heavy (non-hydrogen) atoms. The van der Waals surface area contributed by atoms with Crippen molar-refractivity contribution in [2.75, 3.05) is 5.32 Å². The SMILES string of the molecule is CC(Nc1cc(C(=O)O)c(Cl)cn1)C1CCCCC1. The summed E-state index contributed by atoms with van der Waals surface area (Å²) in [5.41, 5.74) is 0.0926. The molecule has 5 heteroatoms. The van der Waals surface area contributed by atoms with E-state index in [1.165, 1.54) is 44.4 Å². The summed E-state index contributed by atoms with van der Waals surface area (Å²) in [6.45, 7) is 2.13. The molecule has 0 amide bonds. The Bertz CT molecular complexity index is 459. The van der Waals surface area contributed by atoms with Gasteiger partial charge in [-0.3, -0.25) is 0 Å². The van der Waals surface area contributed by atoms with Crippen LogP contribution >= 0.6 is 11.6 Å². The number of hydrogen-bond acceptors (Lipinski definition) is 3. The summed E-state index contributed by atoms with van der Waals surface area (Å²) in [4.78, 5) is 15.2. The van der Waals surface area contributed by atoms with Gasteiger partial charge in [-0.05, 0) is 31.7 Å². The lowest BCUT2D eigenvalue weighted by atomic mass is 9.84. The zero-order chi connectivity index (χ0) is 13.8. The van der Waals surface area contributed by atoms with Crippen molar-refractivity contribution in [2.24, 2.45) is 5.92 Å². The number of carboxylic acid groups (broad SMARTS) is 1. The van der Waals surface area contributed by atoms with Crippen LogP contribution in [0.1, 0.15) is 49.4 Å². The van der Waals surface area contributed by atoms with Gasteiger partial charge in [0.25, 0.3) is 0 Å². The minimum Gasteiger partial charge on any atom is -0.478 e. The van der Waals surface area contributed by atoms with Gasteiger partial charge in [-0.25, -0.2) is 9.78 Å². The van der Waals surface area contributed by atoms with Crippen LogP contribution in [0.15, 0.2) is 12.3 Å². The second-order valence-corrected chi connectivity index (χ2v) is 5.59. The van der Waals surface area contributed by atoms with E-state index in [-0.39, 0.29) is 10.6 Å². The third kappa shape index (κ3) is 3.60. The number of nitrogens with zero attached hydrogens (tertiary/aromatic N) is 1. The Morgan fingerprint density at radius 1 is 1.47 bits per heavy atom. The number of aromatic carboxylic acids is 1. The van der Waals surface area contributed by atoms with E-state index in [2.05, 4.69) is 17.2 Å². The van der Waals surface area contributed by atoms with Gasteiger partial charge in [-0.1, -0.05) is 30.9 Å². The highest BCUT2D eigenvalue weighted by atomic mass is 35.5. The number of halogens is 1. The molecule has 0 aromatic carbocycles. The van der Waals surface area contributed by atoms with Gasteiger partial charge in [0, 0.05) is 12.2 Å². The molecule has 0 spiro atoms. The third-order valence-corrected chi connectivity index (χ3v) is 4.12. The average molecular weight is 283 g/mol. The highest BCUT2D eigenvalue weighted by Crippen LogP contribution is 2.28. The summed E-state index contributed by atoms with van der Waals surface area (Å²) in [6, 6.07) is 1.81. The number of rotatable bonds is 4. The van der Waals surface area contributed by atoms with Gasteiger partial charge in [0.15, 0.2) is 0 Å². The smallest absolute Gasteiger partial charge is 0.337 e. The molecule has 1 aromatic rings. The minimum absolute atomic E-state index is 0.0926. The molecule has 1 saturated carbocycles. The zero-order valence-electron chi connectivity index (χ0n) is 11.0. The molecular formula is C14H19ClN2O2.